The SMILES string of the molecule is COC(=O)c1nc(N)c2c(Oc3ccccc3)cccc2c1OCc1ccccc1. The van der Waals surface area contributed by atoms with E-state index in [2.05, 4.69) is 4.98 Å². The summed E-state index contributed by atoms with van der Waals surface area (Å²) >= 11 is 0. The van der Waals surface area contributed by atoms with Gasteiger partial charge in [0.2, 0.25) is 0 Å². The fourth-order valence-corrected chi connectivity index (χ4v) is 3.15. The number of nitrogen functional groups attached to an aromatic ring is 1. The maximum absolute atomic E-state index is 12.4. The second-order valence-corrected chi connectivity index (χ2v) is 6.53. The van der Waals surface area contributed by atoms with Crippen LogP contribution >= 0.6 is 0 Å². The maximum atomic E-state index is 12.4. The van der Waals surface area contributed by atoms with Crippen LogP contribution in [0.4, 0.5) is 5.82 Å². The Morgan fingerprint density at radius 1 is 0.933 bits per heavy atom. The molecular formula is C24H20N2O4. The van der Waals surface area contributed by atoms with E-state index in [-0.39, 0.29) is 18.1 Å². The van der Waals surface area contributed by atoms with Crippen LogP contribution in [0.25, 0.3) is 10.8 Å². The molecule has 0 aliphatic rings. The Balaban J connectivity index is 1.83. The van der Waals surface area contributed by atoms with Crippen LogP contribution in [0.5, 0.6) is 17.2 Å². The van der Waals surface area contributed by atoms with Crippen molar-refractivity contribution in [2.75, 3.05) is 12.8 Å². The highest BCUT2D eigenvalue weighted by Gasteiger charge is 2.23. The van der Waals surface area contributed by atoms with Gasteiger partial charge < -0.3 is 19.9 Å². The number of aromatic nitrogens is 1. The van der Waals surface area contributed by atoms with Crippen LogP contribution in [0.3, 0.4) is 0 Å². The Labute approximate surface area is 173 Å². The summed E-state index contributed by atoms with van der Waals surface area (Å²) in [5.74, 6) is 1.01. The first-order valence-electron chi connectivity index (χ1n) is 9.37. The predicted molar refractivity (Wildman–Crippen MR) is 115 cm³/mol. The van der Waals surface area contributed by atoms with Gasteiger partial charge in [-0.1, -0.05) is 60.7 Å². The molecule has 0 saturated heterocycles. The van der Waals surface area contributed by atoms with Crippen LogP contribution < -0.4 is 15.2 Å². The second kappa shape index (κ2) is 8.53. The molecule has 30 heavy (non-hydrogen) atoms. The monoisotopic (exact) mass is 400 g/mol. The molecule has 0 aliphatic heterocycles. The summed E-state index contributed by atoms with van der Waals surface area (Å²) in [4.78, 5) is 16.7. The maximum Gasteiger partial charge on any atom is 0.360 e. The van der Waals surface area contributed by atoms with E-state index in [1.165, 1.54) is 7.11 Å². The lowest BCUT2D eigenvalue weighted by molar-refractivity contribution is 0.0589. The number of anilines is 1. The Bertz CT molecular complexity index is 1180. The van der Waals surface area contributed by atoms with E-state index in [9.17, 15) is 4.79 Å². The lowest BCUT2D eigenvalue weighted by Gasteiger charge is -2.16. The Morgan fingerprint density at radius 3 is 2.33 bits per heavy atom. The number of benzene rings is 3. The minimum Gasteiger partial charge on any atom is -0.486 e. The minimum absolute atomic E-state index is 0.0234. The fourth-order valence-electron chi connectivity index (χ4n) is 3.15. The van der Waals surface area contributed by atoms with Gasteiger partial charge in [-0.25, -0.2) is 9.78 Å². The van der Waals surface area contributed by atoms with E-state index in [0.717, 1.165) is 5.56 Å². The predicted octanol–water partition coefficient (Wildman–Crippen LogP) is 4.97. The van der Waals surface area contributed by atoms with Crippen LogP contribution in [0.1, 0.15) is 16.1 Å². The molecule has 0 amide bonds. The topological polar surface area (TPSA) is 83.7 Å². The van der Waals surface area contributed by atoms with E-state index < -0.39 is 5.97 Å². The van der Waals surface area contributed by atoms with E-state index in [1.807, 2.05) is 72.8 Å². The number of hydrogen-bond acceptors (Lipinski definition) is 6. The number of esters is 1. The first-order valence-corrected chi connectivity index (χ1v) is 9.37. The molecule has 0 radical (unpaired) electrons. The second-order valence-electron chi connectivity index (χ2n) is 6.53. The van der Waals surface area contributed by atoms with Crippen molar-refractivity contribution < 1.29 is 19.0 Å². The van der Waals surface area contributed by atoms with Crippen LogP contribution in [0.2, 0.25) is 0 Å². The number of pyridine rings is 1. The third kappa shape index (κ3) is 3.89. The standard InChI is InChI=1S/C24H20N2O4/c1-28-24(27)21-22(29-15-16-9-4-2-5-10-16)18-13-8-14-19(20(18)23(25)26-21)30-17-11-6-3-7-12-17/h2-14H,15H2,1H3,(H2,25,26). The average Bonchev–Trinajstić information content (AvgIpc) is 2.79. The molecule has 1 heterocycles. The Morgan fingerprint density at radius 2 is 1.63 bits per heavy atom. The van der Waals surface area contributed by atoms with Crippen LogP contribution in [0, 0.1) is 0 Å². The number of ether oxygens (including phenoxy) is 3. The van der Waals surface area contributed by atoms with Gasteiger partial charge in [-0.3, -0.25) is 0 Å². The normalized spacial score (nSPS) is 10.6. The zero-order chi connectivity index (χ0) is 20.9. The van der Waals surface area contributed by atoms with Gasteiger partial charge in [0, 0.05) is 5.39 Å². The smallest absolute Gasteiger partial charge is 0.360 e. The molecule has 0 saturated carbocycles. The summed E-state index contributed by atoms with van der Waals surface area (Å²) in [6, 6.07) is 24.4. The number of para-hydroxylation sites is 1. The summed E-state index contributed by atoms with van der Waals surface area (Å²) in [7, 11) is 1.29. The molecule has 4 aromatic rings. The molecular weight excluding hydrogens is 380 g/mol. The van der Waals surface area contributed by atoms with E-state index >= 15 is 0 Å². The quantitative estimate of drug-likeness (QED) is 0.460. The number of nitrogens with zero attached hydrogens (tertiary/aromatic N) is 1. The largest absolute Gasteiger partial charge is 0.486 e. The highest BCUT2D eigenvalue weighted by Crippen LogP contribution is 2.39. The van der Waals surface area contributed by atoms with Crippen molar-refractivity contribution in [3.63, 3.8) is 0 Å². The lowest BCUT2D eigenvalue weighted by Crippen LogP contribution is -2.11. The van der Waals surface area contributed by atoms with Gasteiger partial charge in [0.1, 0.15) is 23.9 Å². The van der Waals surface area contributed by atoms with Crippen molar-refractivity contribution in [2.24, 2.45) is 0 Å². The fraction of sp³-hybridized carbons (Fsp3) is 0.0833. The minimum atomic E-state index is -0.624. The van der Waals surface area contributed by atoms with Gasteiger partial charge in [-0.2, -0.15) is 0 Å². The van der Waals surface area contributed by atoms with E-state index in [0.29, 0.717) is 28.0 Å². The number of fused-ring (bicyclic) bond motifs is 1. The zero-order valence-electron chi connectivity index (χ0n) is 16.4. The van der Waals surface area contributed by atoms with Gasteiger partial charge in [0.25, 0.3) is 0 Å². The Hall–Kier alpha value is -4.06. The van der Waals surface area contributed by atoms with Crippen molar-refractivity contribution in [2.45, 2.75) is 6.61 Å². The molecule has 3 aromatic carbocycles. The molecule has 150 valence electrons. The van der Waals surface area contributed by atoms with Crippen LogP contribution in [-0.2, 0) is 11.3 Å². The van der Waals surface area contributed by atoms with Crippen molar-refractivity contribution in [3.05, 3.63) is 90.1 Å². The molecule has 0 bridgehead atoms. The number of carbonyl (C=O) groups is 1. The van der Waals surface area contributed by atoms with Crippen molar-refractivity contribution >= 4 is 22.6 Å². The van der Waals surface area contributed by atoms with E-state index in [1.54, 1.807) is 6.07 Å². The van der Waals surface area contributed by atoms with Gasteiger partial charge >= 0.3 is 5.97 Å². The molecule has 0 unspecified atom stereocenters. The lowest BCUT2D eigenvalue weighted by atomic mass is 10.1. The highest BCUT2D eigenvalue weighted by molar-refractivity contribution is 6.06. The third-order valence-electron chi connectivity index (χ3n) is 4.55. The molecule has 4 rings (SSSR count). The third-order valence-corrected chi connectivity index (χ3v) is 4.55. The molecule has 1 aromatic heterocycles. The highest BCUT2D eigenvalue weighted by atomic mass is 16.5. The molecule has 0 spiro atoms. The molecule has 0 fully saturated rings. The summed E-state index contributed by atoms with van der Waals surface area (Å²) in [6.07, 6.45) is 0. The van der Waals surface area contributed by atoms with Gasteiger partial charge in [0.05, 0.1) is 12.5 Å². The first-order chi connectivity index (χ1) is 14.7. The van der Waals surface area contributed by atoms with Gasteiger partial charge in [-0.15, -0.1) is 0 Å². The van der Waals surface area contributed by atoms with Gasteiger partial charge in [-0.05, 0) is 23.8 Å². The molecule has 2 N–H and O–H groups in total. The van der Waals surface area contributed by atoms with E-state index in [4.69, 9.17) is 19.9 Å². The summed E-state index contributed by atoms with van der Waals surface area (Å²) < 4.78 is 17.0. The number of carbonyl (C=O) groups excluding carboxylic acids is 1. The summed E-state index contributed by atoms with van der Waals surface area (Å²) in [5.41, 5.74) is 7.20. The molecule has 6 nitrogen and oxygen atoms in total. The van der Waals surface area contributed by atoms with Crippen molar-refractivity contribution in [3.8, 4) is 17.2 Å². The molecule has 0 atom stereocenters. The first kappa shape index (κ1) is 19.3. The number of nitrogens with two attached hydrogens (primary N) is 1. The average molecular weight is 400 g/mol. The zero-order valence-corrected chi connectivity index (χ0v) is 16.4. The molecule has 0 aliphatic carbocycles. The summed E-state index contributed by atoms with van der Waals surface area (Å²) in [6.45, 7) is 0.259. The molecule has 6 heteroatoms. The van der Waals surface area contributed by atoms with Crippen LogP contribution in [-0.4, -0.2) is 18.1 Å². The van der Waals surface area contributed by atoms with Gasteiger partial charge in [0.15, 0.2) is 11.4 Å². The number of rotatable bonds is 6. The van der Waals surface area contributed by atoms with Crippen molar-refractivity contribution in [1.29, 1.82) is 0 Å². The summed E-state index contributed by atoms with van der Waals surface area (Å²) in [5, 5.41) is 1.18. The van der Waals surface area contributed by atoms with Crippen LogP contribution in [0.15, 0.2) is 78.9 Å². The number of methoxy groups -OCH3 is 1. The van der Waals surface area contributed by atoms with Crippen molar-refractivity contribution in [1.82, 2.24) is 4.98 Å². The Kier molecular flexibility index (Phi) is 5.48. The number of hydrogen-bond donors (Lipinski definition) is 1.